The van der Waals surface area contributed by atoms with Crippen LogP contribution < -0.4 is 11.1 Å². The lowest BCUT2D eigenvalue weighted by Gasteiger charge is -2.25. The van der Waals surface area contributed by atoms with Crippen LogP contribution in [0.2, 0.25) is 0 Å². The van der Waals surface area contributed by atoms with Gasteiger partial charge in [0.05, 0.1) is 6.04 Å². The van der Waals surface area contributed by atoms with Gasteiger partial charge in [-0.2, -0.15) is 0 Å². The van der Waals surface area contributed by atoms with Gasteiger partial charge in [-0.05, 0) is 13.3 Å². The van der Waals surface area contributed by atoms with Crippen molar-refractivity contribution in [1.29, 1.82) is 0 Å². The highest BCUT2D eigenvalue weighted by molar-refractivity contribution is 7.99. The third-order valence-corrected chi connectivity index (χ3v) is 4.05. The smallest absolute Gasteiger partial charge is 0.240 e. The fourth-order valence-corrected chi connectivity index (χ4v) is 2.96. The molecule has 0 saturated carbocycles. The monoisotopic (exact) mass is 251 g/mol. The second kappa shape index (κ2) is 5.39. The first-order valence-corrected chi connectivity index (χ1v) is 6.23. The minimum atomic E-state index is 0. The summed E-state index contributed by atoms with van der Waals surface area (Å²) in [6.45, 7) is 2.86. The van der Waals surface area contributed by atoms with Crippen molar-refractivity contribution in [1.82, 2.24) is 10.2 Å². The van der Waals surface area contributed by atoms with E-state index in [0.717, 1.165) is 24.6 Å². The first-order valence-electron chi connectivity index (χ1n) is 5.07. The number of rotatable bonds is 1. The number of carbonyl (C=O) groups excluding carboxylic acids is 1. The van der Waals surface area contributed by atoms with Gasteiger partial charge in [-0.3, -0.25) is 10.1 Å². The summed E-state index contributed by atoms with van der Waals surface area (Å²) in [5.74, 6) is 2.03. The van der Waals surface area contributed by atoms with E-state index in [-0.39, 0.29) is 36.4 Å². The van der Waals surface area contributed by atoms with Crippen molar-refractivity contribution in [2.24, 2.45) is 5.73 Å². The summed E-state index contributed by atoms with van der Waals surface area (Å²) in [4.78, 5) is 13.9. The van der Waals surface area contributed by atoms with Crippen LogP contribution in [-0.2, 0) is 4.79 Å². The molecule has 0 spiro atoms. The Kier molecular flexibility index (Phi) is 4.70. The highest BCUT2D eigenvalue weighted by atomic mass is 35.5. The van der Waals surface area contributed by atoms with Crippen molar-refractivity contribution in [3.63, 3.8) is 0 Å². The largest absolute Gasteiger partial charge is 0.337 e. The Balaban J connectivity index is 0.00000112. The van der Waals surface area contributed by atoms with Crippen molar-refractivity contribution >= 4 is 30.1 Å². The lowest BCUT2D eigenvalue weighted by atomic mass is 10.1. The zero-order chi connectivity index (χ0) is 10.1. The molecule has 3 N–H and O–H groups in total. The maximum atomic E-state index is 12.0. The summed E-state index contributed by atoms with van der Waals surface area (Å²) < 4.78 is 0. The third-order valence-electron chi connectivity index (χ3n) is 3.11. The normalized spacial score (nSPS) is 35.3. The number of likely N-dealkylation sites (tertiary alicyclic amines) is 1. The fraction of sp³-hybridized carbons (Fsp3) is 0.889. The van der Waals surface area contributed by atoms with E-state index < -0.39 is 0 Å². The molecule has 4 nitrogen and oxygen atoms in total. The van der Waals surface area contributed by atoms with Crippen molar-refractivity contribution in [3.05, 3.63) is 0 Å². The Bertz CT molecular complexity index is 235. The zero-order valence-electron chi connectivity index (χ0n) is 8.81. The first-order chi connectivity index (χ1) is 6.70. The molecule has 6 heteroatoms. The highest BCUT2D eigenvalue weighted by Gasteiger charge is 2.35. The Morgan fingerprint density at radius 2 is 2.33 bits per heavy atom. The Hall–Kier alpha value is 0.0300. The maximum Gasteiger partial charge on any atom is 0.240 e. The minimum Gasteiger partial charge on any atom is -0.337 e. The van der Waals surface area contributed by atoms with Gasteiger partial charge < -0.3 is 10.6 Å². The molecule has 0 aromatic rings. The number of carbonyl (C=O) groups is 1. The molecule has 2 unspecified atom stereocenters. The van der Waals surface area contributed by atoms with Crippen molar-refractivity contribution in [3.8, 4) is 0 Å². The van der Waals surface area contributed by atoms with E-state index in [4.69, 9.17) is 5.73 Å². The Morgan fingerprint density at radius 1 is 1.60 bits per heavy atom. The predicted molar refractivity (Wildman–Crippen MR) is 65.3 cm³/mol. The van der Waals surface area contributed by atoms with Gasteiger partial charge in [0, 0.05) is 30.3 Å². The summed E-state index contributed by atoms with van der Waals surface area (Å²) >= 11 is 1.78. The second-order valence-corrected chi connectivity index (χ2v) is 5.03. The van der Waals surface area contributed by atoms with Gasteiger partial charge >= 0.3 is 0 Å². The van der Waals surface area contributed by atoms with Gasteiger partial charge in [-0.25, -0.2) is 0 Å². The lowest BCUT2D eigenvalue weighted by molar-refractivity contribution is -0.133. The van der Waals surface area contributed by atoms with E-state index in [1.165, 1.54) is 0 Å². The van der Waals surface area contributed by atoms with Crippen molar-refractivity contribution < 1.29 is 4.79 Å². The molecule has 0 bridgehead atoms. The van der Waals surface area contributed by atoms with Crippen LogP contribution in [-0.4, -0.2) is 47.1 Å². The summed E-state index contributed by atoms with van der Waals surface area (Å²) in [6, 6.07) is 0.385. The summed E-state index contributed by atoms with van der Waals surface area (Å²) in [7, 11) is 0. The van der Waals surface area contributed by atoms with Crippen LogP contribution in [0.3, 0.4) is 0 Å². The number of halogens is 1. The molecule has 2 saturated heterocycles. The standard InChI is InChI=1S/C9H17N3OS.ClH/c1-6-7(10)2-3-12(6)9(13)8-4-14-5-11-8;/h6-8,11H,2-5,10H2,1H3;1H/t6?,7?,8-;/m1./s1. The molecule has 2 fully saturated rings. The molecular weight excluding hydrogens is 234 g/mol. The number of nitrogens with one attached hydrogen (secondary N) is 1. The number of nitrogens with two attached hydrogens (primary N) is 1. The van der Waals surface area contributed by atoms with Gasteiger partial charge in [0.15, 0.2) is 0 Å². The summed E-state index contributed by atoms with van der Waals surface area (Å²) in [5, 5.41) is 3.20. The Morgan fingerprint density at radius 3 is 2.80 bits per heavy atom. The van der Waals surface area contributed by atoms with Crippen molar-refractivity contribution in [2.45, 2.75) is 31.5 Å². The molecule has 1 amide bonds. The van der Waals surface area contributed by atoms with E-state index in [1.807, 2.05) is 11.8 Å². The van der Waals surface area contributed by atoms with Crippen molar-refractivity contribution in [2.75, 3.05) is 18.2 Å². The van der Waals surface area contributed by atoms with Crippen LogP contribution in [0.1, 0.15) is 13.3 Å². The maximum absolute atomic E-state index is 12.0. The molecule has 0 aromatic heterocycles. The lowest BCUT2D eigenvalue weighted by Crippen LogP contribution is -2.48. The highest BCUT2D eigenvalue weighted by Crippen LogP contribution is 2.19. The molecule has 15 heavy (non-hydrogen) atoms. The summed E-state index contributed by atoms with van der Waals surface area (Å²) in [5.41, 5.74) is 5.89. The van der Waals surface area contributed by atoms with Crippen LogP contribution in [0.25, 0.3) is 0 Å². The number of hydrogen-bond acceptors (Lipinski definition) is 4. The second-order valence-electron chi connectivity index (χ2n) is 4.00. The quantitative estimate of drug-likeness (QED) is 0.690. The van der Waals surface area contributed by atoms with Gasteiger partial charge in [-0.1, -0.05) is 0 Å². The van der Waals surface area contributed by atoms with Gasteiger partial charge in [0.25, 0.3) is 0 Å². The van der Waals surface area contributed by atoms with E-state index >= 15 is 0 Å². The molecular formula is C9H18ClN3OS. The van der Waals surface area contributed by atoms with E-state index in [9.17, 15) is 4.79 Å². The first kappa shape index (κ1) is 13.1. The van der Waals surface area contributed by atoms with E-state index in [0.29, 0.717) is 0 Å². The molecule has 0 radical (unpaired) electrons. The van der Waals surface area contributed by atoms with Crippen LogP contribution in [0.4, 0.5) is 0 Å². The van der Waals surface area contributed by atoms with Crippen LogP contribution >= 0.6 is 24.2 Å². The molecule has 2 aliphatic rings. The number of amides is 1. The molecule has 0 aliphatic carbocycles. The van der Waals surface area contributed by atoms with Gasteiger partial charge in [0.2, 0.25) is 5.91 Å². The van der Waals surface area contributed by atoms with E-state index in [1.54, 1.807) is 11.8 Å². The minimum absolute atomic E-state index is 0. The zero-order valence-corrected chi connectivity index (χ0v) is 10.4. The number of hydrogen-bond donors (Lipinski definition) is 2. The van der Waals surface area contributed by atoms with Gasteiger partial charge in [0.1, 0.15) is 0 Å². The average molecular weight is 252 g/mol. The fourth-order valence-electron chi connectivity index (χ4n) is 2.03. The molecule has 88 valence electrons. The average Bonchev–Trinajstić information content (AvgIpc) is 2.77. The predicted octanol–water partition coefficient (Wildman–Crippen LogP) is 0.0188. The van der Waals surface area contributed by atoms with Crippen LogP contribution in [0, 0.1) is 0 Å². The Labute approximate surface area is 101 Å². The number of thioether (sulfide) groups is 1. The molecule has 3 atom stereocenters. The molecule has 0 aromatic carbocycles. The van der Waals surface area contributed by atoms with Crippen LogP contribution in [0.15, 0.2) is 0 Å². The van der Waals surface area contributed by atoms with Gasteiger partial charge in [-0.15, -0.1) is 24.2 Å². The van der Waals surface area contributed by atoms with E-state index in [2.05, 4.69) is 5.32 Å². The topological polar surface area (TPSA) is 58.4 Å². The number of nitrogens with zero attached hydrogens (tertiary/aromatic N) is 1. The third kappa shape index (κ3) is 2.58. The molecule has 2 rings (SSSR count). The van der Waals surface area contributed by atoms with Crippen LogP contribution in [0.5, 0.6) is 0 Å². The summed E-state index contributed by atoms with van der Waals surface area (Å²) in [6.07, 6.45) is 0.937. The SMILES string of the molecule is CC1C(N)CCN1C(=O)[C@H]1CSCN1.Cl. The molecule has 2 heterocycles. The molecule has 2 aliphatic heterocycles.